The molecule has 0 radical (unpaired) electrons. The van der Waals surface area contributed by atoms with Gasteiger partial charge in [0.25, 0.3) is 5.56 Å². The lowest BCUT2D eigenvalue weighted by Gasteiger charge is -2.18. The number of benzene rings is 2. The Morgan fingerprint density at radius 1 is 1.08 bits per heavy atom. The summed E-state index contributed by atoms with van der Waals surface area (Å²) < 4.78 is 15.0. The number of aromatic nitrogens is 2. The van der Waals surface area contributed by atoms with Crippen molar-refractivity contribution >= 4 is 22.7 Å². The van der Waals surface area contributed by atoms with Crippen molar-refractivity contribution in [1.82, 2.24) is 9.55 Å². The summed E-state index contributed by atoms with van der Waals surface area (Å²) in [5.41, 5.74) is 1.81. The van der Waals surface area contributed by atoms with Crippen molar-refractivity contribution in [3.63, 3.8) is 0 Å². The van der Waals surface area contributed by atoms with Crippen LogP contribution in [0.5, 0.6) is 0 Å². The van der Waals surface area contributed by atoms with Crippen LogP contribution in [-0.4, -0.2) is 9.55 Å². The quantitative estimate of drug-likeness (QED) is 0.491. The first-order valence-corrected chi connectivity index (χ1v) is 9.59. The summed E-state index contributed by atoms with van der Waals surface area (Å²) >= 11 is 1.55. The highest BCUT2D eigenvalue weighted by Gasteiger charge is 2.22. The molecule has 128 valence electrons. The summed E-state index contributed by atoms with van der Waals surface area (Å²) in [6.07, 6.45) is 4.38. The van der Waals surface area contributed by atoms with Crippen molar-refractivity contribution in [2.75, 3.05) is 0 Å². The van der Waals surface area contributed by atoms with Gasteiger partial charge in [0.05, 0.1) is 10.9 Å². The van der Waals surface area contributed by atoms with Crippen LogP contribution in [0.1, 0.15) is 37.3 Å². The summed E-state index contributed by atoms with van der Waals surface area (Å²) in [4.78, 5) is 17.8. The Bertz CT molecular complexity index is 946. The number of hydrogen-bond donors (Lipinski definition) is 0. The molecule has 1 saturated carbocycles. The molecule has 2 aromatic carbocycles. The first-order chi connectivity index (χ1) is 12.2. The Hall–Kier alpha value is -2.14. The van der Waals surface area contributed by atoms with Crippen LogP contribution in [0.3, 0.4) is 0 Å². The van der Waals surface area contributed by atoms with Crippen LogP contribution in [-0.2, 0) is 5.75 Å². The van der Waals surface area contributed by atoms with Gasteiger partial charge in [-0.15, -0.1) is 0 Å². The second-order valence-corrected chi connectivity index (χ2v) is 7.38. The molecule has 1 fully saturated rings. The second kappa shape index (κ2) is 7.00. The number of halogens is 1. The van der Waals surface area contributed by atoms with E-state index in [-0.39, 0.29) is 17.4 Å². The van der Waals surface area contributed by atoms with Crippen molar-refractivity contribution in [2.45, 2.75) is 42.6 Å². The summed E-state index contributed by atoms with van der Waals surface area (Å²) in [7, 11) is 0. The molecular formula is C20H19FN2OS. The highest BCUT2D eigenvalue weighted by atomic mass is 32.2. The van der Waals surface area contributed by atoms with E-state index in [0.29, 0.717) is 11.1 Å². The average molecular weight is 354 g/mol. The summed E-state index contributed by atoms with van der Waals surface area (Å²) in [6.45, 7) is 0. The number of para-hydroxylation sites is 1. The van der Waals surface area contributed by atoms with Crippen molar-refractivity contribution in [3.8, 4) is 0 Å². The maximum atomic E-state index is 13.1. The predicted octanol–water partition coefficient (Wildman–Crippen LogP) is 4.94. The minimum atomic E-state index is -0.236. The molecule has 0 aliphatic heterocycles. The molecule has 0 amide bonds. The molecule has 1 aliphatic carbocycles. The zero-order valence-corrected chi connectivity index (χ0v) is 14.6. The fourth-order valence-electron chi connectivity index (χ4n) is 3.44. The molecule has 4 rings (SSSR count). The van der Waals surface area contributed by atoms with Crippen LogP contribution in [0.4, 0.5) is 4.39 Å². The van der Waals surface area contributed by atoms with E-state index in [4.69, 9.17) is 4.98 Å². The average Bonchev–Trinajstić information content (AvgIpc) is 3.15. The number of nitrogens with zero attached hydrogens (tertiary/aromatic N) is 2. The minimum Gasteiger partial charge on any atom is -0.284 e. The lowest BCUT2D eigenvalue weighted by Crippen LogP contribution is -2.26. The Balaban J connectivity index is 1.73. The van der Waals surface area contributed by atoms with Crippen molar-refractivity contribution in [2.24, 2.45) is 0 Å². The van der Waals surface area contributed by atoms with Crippen molar-refractivity contribution in [1.29, 1.82) is 0 Å². The van der Waals surface area contributed by atoms with Gasteiger partial charge in [-0.25, -0.2) is 9.37 Å². The van der Waals surface area contributed by atoms with Crippen LogP contribution >= 0.6 is 11.8 Å². The van der Waals surface area contributed by atoms with Crippen LogP contribution in [0, 0.1) is 5.82 Å². The maximum Gasteiger partial charge on any atom is 0.262 e. The summed E-state index contributed by atoms with van der Waals surface area (Å²) in [6, 6.07) is 14.3. The largest absolute Gasteiger partial charge is 0.284 e. The van der Waals surface area contributed by atoms with Crippen molar-refractivity contribution in [3.05, 3.63) is 70.3 Å². The third-order valence-corrected chi connectivity index (χ3v) is 5.77. The molecule has 0 N–H and O–H groups in total. The molecule has 0 spiro atoms. The second-order valence-electron chi connectivity index (χ2n) is 6.44. The van der Waals surface area contributed by atoms with E-state index in [2.05, 4.69) is 0 Å². The number of hydrogen-bond acceptors (Lipinski definition) is 3. The lowest BCUT2D eigenvalue weighted by molar-refractivity contribution is 0.457. The molecule has 3 nitrogen and oxygen atoms in total. The van der Waals surface area contributed by atoms with E-state index < -0.39 is 0 Å². The minimum absolute atomic E-state index is 0.0547. The van der Waals surface area contributed by atoms with Crippen LogP contribution < -0.4 is 5.56 Å². The van der Waals surface area contributed by atoms with Crippen LogP contribution in [0.25, 0.3) is 10.9 Å². The Morgan fingerprint density at radius 3 is 2.56 bits per heavy atom. The highest BCUT2D eigenvalue weighted by Crippen LogP contribution is 2.33. The summed E-state index contributed by atoms with van der Waals surface area (Å²) in [5.74, 6) is 0.429. The number of fused-ring (bicyclic) bond motifs is 1. The molecule has 0 saturated heterocycles. The van der Waals surface area contributed by atoms with Gasteiger partial charge in [-0.1, -0.05) is 48.9 Å². The van der Waals surface area contributed by atoms with Gasteiger partial charge in [-0.05, 0) is 42.7 Å². The number of thioether (sulfide) groups is 1. The number of rotatable bonds is 4. The van der Waals surface area contributed by atoms with Gasteiger partial charge in [0.1, 0.15) is 5.82 Å². The van der Waals surface area contributed by atoms with Gasteiger partial charge in [0, 0.05) is 11.8 Å². The van der Waals surface area contributed by atoms with Crippen LogP contribution in [0.2, 0.25) is 0 Å². The highest BCUT2D eigenvalue weighted by molar-refractivity contribution is 7.98. The third kappa shape index (κ3) is 3.33. The van der Waals surface area contributed by atoms with Gasteiger partial charge >= 0.3 is 0 Å². The Labute approximate surface area is 149 Å². The standard InChI is InChI=1S/C20H19FN2OS/c21-15-11-9-14(10-12-15)13-25-20-22-18-8-4-3-7-17(18)19(24)23(20)16-5-1-2-6-16/h3-4,7-12,16H,1-2,5-6,13H2. The van der Waals surface area contributed by atoms with E-state index >= 15 is 0 Å². The molecule has 0 unspecified atom stereocenters. The Kier molecular flexibility index (Phi) is 4.57. The smallest absolute Gasteiger partial charge is 0.262 e. The van der Waals surface area contributed by atoms with Gasteiger partial charge in [0.15, 0.2) is 5.16 Å². The SMILES string of the molecule is O=c1c2ccccc2nc(SCc2ccc(F)cc2)n1C1CCCC1. The zero-order valence-electron chi connectivity index (χ0n) is 13.8. The summed E-state index contributed by atoms with van der Waals surface area (Å²) in [5, 5.41) is 1.44. The molecule has 1 heterocycles. The Morgan fingerprint density at radius 2 is 1.80 bits per heavy atom. The molecular weight excluding hydrogens is 335 g/mol. The fourth-order valence-corrected chi connectivity index (χ4v) is 4.46. The maximum absolute atomic E-state index is 13.1. The van der Waals surface area contributed by atoms with E-state index in [1.54, 1.807) is 23.9 Å². The molecule has 25 heavy (non-hydrogen) atoms. The first-order valence-electron chi connectivity index (χ1n) is 8.61. The van der Waals surface area contributed by atoms with Gasteiger partial charge in [-0.2, -0.15) is 0 Å². The van der Waals surface area contributed by atoms with Gasteiger partial charge in [0.2, 0.25) is 0 Å². The third-order valence-electron chi connectivity index (χ3n) is 4.75. The normalized spacial score (nSPS) is 15.1. The van der Waals surface area contributed by atoms with E-state index in [0.717, 1.165) is 41.9 Å². The van der Waals surface area contributed by atoms with E-state index in [1.807, 2.05) is 28.8 Å². The first kappa shape index (κ1) is 16.3. The molecule has 1 aliphatic rings. The van der Waals surface area contributed by atoms with Gasteiger partial charge < -0.3 is 0 Å². The molecule has 3 aromatic rings. The van der Waals surface area contributed by atoms with E-state index in [9.17, 15) is 9.18 Å². The van der Waals surface area contributed by atoms with Crippen LogP contribution in [0.15, 0.2) is 58.5 Å². The van der Waals surface area contributed by atoms with E-state index in [1.165, 1.54) is 12.1 Å². The van der Waals surface area contributed by atoms with Crippen molar-refractivity contribution < 1.29 is 4.39 Å². The van der Waals surface area contributed by atoms with Gasteiger partial charge in [-0.3, -0.25) is 9.36 Å². The fraction of sp³-hybridized carbons (Fsp3) is 0.300. The lowest BCUT2D eigenvalue weighted by atomic mass is 10.2. The molecule has 5 heteroatoms. The molecule has 0 atom stereocenters. The monoisotopic (exact) mass is 354 g/mol. The predicted molar refractivity (Wildman–Crippen MR) is 99.5 cm³/mol. The topological polar surface area (TPSA) is 34.9 Å². The zero-order chi connectivity index (χ0) is 17.2. The molecule has 1 aromatic heterocycles. The molecule has 0 bridgehead atoms.